The predicted molar refractivity (Wildman–Crippen MR) is 61.8 cm³/mol. The molecule has 0 N–H and O–H groups in total. The summed E-state index contributed by atoms with van der Waals surface area (Å²) in [6, 6.07) is 10.3. The highest BCUT2D eigenvalue weighted by Crippen LogP contribution is 2.30. The number of ether oxygens (including phenoxy) is 1. The molecule has 1 saturated carbocycles. The topological polar surface area (TPSA) is 58.0 Å². The summed E-state index contributed by atoms with van der Waals surface area (Å²) in [6.45, 7) is 1.44. The van der Waals surface area contributed by atoms with Crippen LogP contribution in [0.1, 0.15) is 18.4 Å². The fraction of sp³-hybridized carbons (Fsp3) is 0.500. The lowest BCUT2D eigenvalue weighted by Crippen LogP contribution is -2.30. The second kappa shape index (κ2) is 5.54. The SMILES string of the molecule is [N-]=[N+]=NC1CC(COCc2ccccc2)C1. The molecule has 84 valence electrons. The summed E-state index contributed by atoms with van der Waals surface area (Å²) in [6.07, 6.45) is 1.94. The molecule has 0 amide bonds. The van der Waals surface area contributed by atoms with Crippen LogP contribution in [-0.4, -0.2) is 12.6 Å². The number of azide groups is 1. The van der Waals surface area contributed by atoms with Gasteiger partial charge < -0.3 is 4.74 Å². The molecule has 0 aliphatic heterocycles. The monoisotopic (exact) mass is 217 g/mol. The van der Waals surface area contributed by atoms with Crippen molar-refractivity contribution in [3.05, 3.63) is 46.3 Å². The van der Waals surface area contributed by atoms with E-state index in [1.165, 1.54) is 5.56 Å². The Hall–Kier alpha value is -1.51. The summed E-state index contributed by atoms with van der Waals surface area (Å²) in [7, 11) is 0. The summed E-state index contributed by atoms with van der Waals surface area (Å²) < 4.78 is 5.62. The Labute approximate surface area is 94.9 Å². The fourth-order valence-corrected chi connectivity index (χ4v) is 1.92. The van der Waals surface area contributed by atoms with Crippen LogP contribution in [0.5, 0.6) is 0 Å². The standard InChI is InChI=1S/C12H15N3O/c13-15-14-12-6-11(7-12)9-16-8-10-4-2-1-3-5-10/h1-5,11-12H,6-9H2. The molecule has 1 aromatic carbocycles. The van der Waals surface area contributed by atoms with E-state index in [4.69, 9.17) is 10.3 Å². The second-order valence-corrected chi connectivity index (χ2v) is 4.20. The molecule has 0 radical (unpaired) electrons. The highest BCUT2D eigenvalue weighted by Gasteiger charge is 2.27. The molecule has 4 nitrogen and oxygen atoms in total. The van der Waals surface area contributed by atoms with Gasteiger partial charge in [0.2, 0.25) is 0 Å². The molecule has 0 heterocycles. The number of hydrogen-bond donors (Lipinski definition) is 0. The van der Waals surface area contributed by atoms with E-state index in [0.717, 1.165) is 19.4 Å². The number of benzene rings is 1. The van der Waals surface area contributed by atoms with Crippen LogP contribution in [0.15, 0.2) is 35.4 Å². The van der Waals surface area contributed by atoms with Gasteiger partial charge in [0, 0.05) is 17.6 Å². The summed E-state index contributed by atoms with van der Waals surface area (Å²) in [4.78, 5) is 2.80. The van der Waals surface area contributed by atoms with Gasteiger partial charge >= 0.3 is 0 Å². The summed E-state index contributed by atoms with van der Waals surface area (Å²) in [5, 5.41) is 3.67. The highest BCUT2D eigenvalue weighted by atomic mass is 16.5. The maximum absolute atomic E-state index is 8.24. The summed E-state index contributed by atoms with van der Waals surface area (Å²) in [5.41, 5.74) is 9.44. The van der Waals surface area contributed by atoms with Gasteiger partial charge in [-0.2, -0.15) is 0 Å². The second-order valence-electron chi connectivity index (χ2n) is 4.20. The quantitative estimate of drug-likeness (QED) is 0.424. The van der Waals surface area contributed by atoms with Gasteiger partial charge in [-0.15, -0.1) is 0 Å². The number of hydrogen-bond acceptors (Lipinski definition) is 2. The van der Waals surface area contributed by atoms with Crippen LogP contribution in [-0.2, 0) is 11.3 Å². The maximum atomic E-state index is 8.24. The molecule has 4 heteroatoms. The zero-order valence-electron chi connectivity index (χ0n) is 9.12. The first kappa shape index (κ1) is 11.0. The Morgan fingerprint density at radius 3 is 2.75 bits per heavy atom. The van der Waals surface area contributed by atoms with E-state index in [9.17, 15) is 0 Å². The Morgan fingerprint density at radius 2 is 2.06 bits per heavy atom. The van der Waals surface area contributed by atoms with Crippen LogP contribution in [0, 0.1) is 5.92 Å². The molecule has 0 bridgehead atoms. The molecule has 2 rings (SSSR count). The van der Waals surface area contributed by atoms with Crippen molar-refractivity contribution in [2.45, 2.75) is 25.5 Å². The predicted octanol–water partition coefficient (Wildman–Crippen LogP) is 3.29. The van der Waals surface area contributed by atoms with Crippen molar-refractivity contribution in [3.8, 4) is 0 Å². The number of rotatable bonds is 5. The van der Waals surface area contributed by atoms with E-state index in [1.54, 1.807) is 0 Å². The Morgan fingerprint density at radius 1 is 1.31 bits per heavy atom. The van der Waals surface area contributed by atoms with E-state index in [1.807, 2.05) is 18.2 Å². The Bertz CT molecular complexity index is 367. The van der Waals surface area contributed by atoms with E-state index in [0.29, 0.717) is 12.5 Å². The van der Waals surface area contributed by atoms with Crippen LogP contribution in [0.2, 0.25) is 0 Å². The van der Waals surface area contributed by atoms with Crippen molar-refractivity contribution in [1.82, 2.24) is 0 Å². The van der Waals surface area contributed by atoms with Gasteiger partial charge in [0.25, 0.3) is 0 Å². The zero-order chi connectivity index (χ0) is 11.2. The van der Waals surface area contributed by atoms with E-state index >= 15 is 0 Å². The molecule has 1 fully saturated rings. The largest absolute Gasteiger partial charge is 0.376 e. The third-order valence-electron chi connectivity index (χ3n) is 2.89. The number of nitrogens with zero attached hydrogens (tertiary/aromatic N) is 3. The van der Waals surface area contributed by atoms with Gasteiger partial charge in [-0.05, 0) is 29.9 Å². The lowest BCUT2D eigenvalue weighted by Gasteiger charge is -2.31. The Kier molecular flexibility index (Phi) is 3.81. The molecule has 1 aliphatic rings. The van der Waals surface area contributed by atoms with Crippen LogP contribution >= 0.6 is 0 Å². The third-order valence-corrected chi connectivity index (χ3v) is 2.89. The van der Waals surface area contributed by atoms with Crippen molar-refractivity contribution >= 4 is 0 Å². The van der Waals surface area contributed by atoms with Crippen LogP contribution in [0.25, 0.3) is 10.4 Å². The molecule has 1 aromatic rings. The minimum absolute atomic E-state index is 0.204. The van der Waals surface area contributed by atoms with Crippen LogP contribution < -0.4 is 0 Å². The van der Waals surface area contributed by atoms with Crippen LogP contribution in [0.4, 0.5) is 0 Å². The van der Waals surface area contributed by atoms with E-state index < -0.39 is 0 Å². The minimum Gasteiger partial charge on any atom is -0.376 e. The van der Waals surface area contributed by atoms with E-state index in [2.05, 4.69) is 22.2 Å². The van der Waals surface area contributed by atoms with Crippen molar-refractivity contribution in [2.24, 2.45) is 11.0 Å². The third kappa shape index (κ3) is 2.99. The van der Waals surface area contributed by atoms with Crippen molar-refractivity contribution in [3.63, 3.8) is 0 Å². The first-order valence-electron chi connectivity index (χ1n) is 5.54. The minimum atomic E-state index is 0.204. The molecule has 16 heavy (non-hydrogen) atoms. The average Bonchev–Trinajstić information content (AvgIpc) is 2.27. The van der Waals surface area contributed by atoms with Gasteiger partial charge in [0.1, 0.15) is 0 Å². The smallest absolute Gasteiger partial charge is 0.0717 e. The zero-order valence-corrected chi connectivity index (χ0v) is 9.12. The molecule has 1 aliphatic carbocycles. The van der Waals surface area contributed by atoms with Crippen molar-refractivity contribution in [1.29, 1.82) is 0 Å². The molecule has 0 unspecified atom stereocenters. The normalized spacial score (nSPS) is 23.2. The van der Waals surface area contributed by atoms with Crippen molar-refractivity contribution in [2.75, 3.05) is 6.61 Å². The molecule has 0 saturated heterocycles. The van der Waals surface area contributed by atoms with Gasteiger partial charge in [0.15, 0.2) is 0 Å². The van der Waals surface area contributed by atoms with Crippen LogP contribution in [0.3, 0.4) is 0 Å². The lowest BCUT2D eigenvalue weighted by atomic mass is 9.81. The molecular weight excluding hydrogens is 202 g/mol. The highest BCUT2D eigenvalue weighted by molar-refractivity contribution is 5.13. The molecule has 0 aromatic heterocycles. The first-order valence-corrected chi connectivity index (χ1v) is 5.54. The summed E-state index contributed by atoms with van der Waals surface area (Å²) >= 11 is 0. The average molecular weight is 217 g/mol. The first-order chi connectivity index (χ1) is 7.88. The Balaban J connectivity index is 1.62. The van der Waals surface area contributed by atoms with Gasteiger partial charge in [-0.3, -0.25) is 0 Å². The fourth-order valence-electron chi connectivity index (χ4n) is 1.92. The maximum Gasteiger partial charge on any atom is 0.0717 e. The molecular formula is C12H15N3O. The van der Waals surface area contributed by atoms with Crippen molar-refractivity contribution < 1.29 is 4.74 Å². The van der Waals surface area contributed by atoms with Gasteiger partial charge in [0.05, 0.1) is 6.61 Å². The van der Waals surface area contributed by atoms with Gasteiger partial charge in [-0.25, -0.2) is 0 Å². The van der Waals surface area contributed by atoms with Gasteiger partial charge in [-0.1, -0.05) is 35.4 Å². The molecule has 0 spiro atoms. The molecule has 0 atom stereocenters. The summed E-state index contributed by atoms with van der Waals surface area (Å²) in [5.74, 6) is 0.569. The van der Waals surface area contributed by atoms with E-state index in [-0.39, 0.29) is 6.04 Å². The lowest BCUT2D eigenvalue weighted by molar-refractivity contribution is 0.0520.